The molecular formula is C17H20FNO. The van der Waals surface area contributed by atoms with Crippen LogP contribution in [0.1, 0.15) is 31.9 Å². The SMILES string of the molecule is CC(C)(C)c1cccc(OCc2ccc(N)c(F)c2)c1. The number of nitrogens with two attached hydrogens (primary N) is 1. The van der Waals surface area contributed by atoms with Gasteiger partial charge in [0.1, 0.15) is 18.2 Å². The normalized spacial score (nSPS) is 11.4. The Morgan fingerprint density at radius 1 is 1.10 bits per heavy atom. The quantitative estimate of drug-likeness (QED) is 0.847. The first-order chi connectivity index (χ1) is 9.36. The van der Waals surface area contributed by atoms with E-state index in [-0.39, 0.29) is 11.1 Å². The Morgan fingerprint density at radius 2 is 1.85 bits per heavy atom. The molecule has 2 N–H and O–H groups in total. The Balaban J connectivity index is 2.09. The molecule has 0 heterocycles. The summed E-state index contributed by atoms with van der Waals surface area (Å²) in [5.74, 6) is 0.379. The summed E-state index contributed by atoms with van der Waals surface area (Å²) < 4.78 is 19.1. The van der Waals surface area contributed by atoms with E-state index in [0.29, 0.717) is 6.61 Å². The summed E-state index contributed by atoms with van der Waals surface area (Å²) in [7, 11) is 0. The van der Waals surface area contributed by atoms with Gasteiger partial charge < -0.3 is 10.5 Å². The van der Waals surface area contributed by atoms with Gasteiger partial charge >= 0.3 is 0 Å². The van der Waals surface area contributed by atoms with Gasteiger partial charge in [-0.1, -0.05) is 39.0 Å². The molecule has 20 heavy (non-hydrogen) atoms. The third-order valence-corrected chi connectivity index (χ3v) is 3.17. The second-order valence-corrected chi connectivity index (χ2v) is 5.92. The second-order valence-electron chi connectivity index (χ2n) is 5.92. The molecule has 0 spiro atoms. The minimum Gasteiger partial charge on any atom is -0.489 e. The number of nitrogen functional groups attached to an aromatic ring is 1. The van der Waals surface area contributed by atoms with Gasteiger partial charge in [-0.15, -0.1) is 0 Å². The van der Waals surface area contributed by atoms with E-state index >= 15 is 0 Å². The van der Waals surface area contributed by atoms with Crippen LogP contribution in [-0.2, 0) is 12.0 Å². The zero-order valence-corrected chi connectivity index (χ0v) is 12.1. The standard InChI is InChI=1S/C17H20FNO/c1-17(2,3)13-5-4-6-14(10-13)20-11-12-7-8-16(19)15(18)9-12/h4-10H,11,19H2,1-3H3. The molecule has 0 fully saturated rings. The largest absolute Gasteiger partial charge is 0.489 e. The van der Waals surface area contributed by atoms with E-state index < -0.39 is 5.82 Å². The lowest BCUT2D eigenvalue weighted by Crippen LogP contribution is -2.11. The summed E-state index contributed by atoms with van der Waals surface area (Å²) in [5.41, 5.74) is 7.65. The van der Waals surface area contributed by atoms with Crippen LogP contribution in [0.5, 0.6) is 5.75 Å². The molecule has 0 atom stereocenters. The fourth-order valence-electron chi connectivity index (χ4n) is 1.88. The van der Waals surface area contributed by atoms with Crippen LogP contribution < -0.4 is 10.5 Å². The first-order valence-electron chi connectivity index (χ1n) is 6.63. The lowest BCUT2D eigenvalue weighted by molar-refractivity contribution is 0.304. The average molecular weight is 273 g/mol. The maximum Gasteiger partial charge on any atom is 0.146 e. The van der Waals surface area contributed by atoms with Crippen LogP contribution in [0.25, 0.3) is 0 Å². The van der Waals surface area contributed by atoms with Gasteiger partial charge in [-0.25, -0.2) is 4.39 Å². The number of benzene rings is 2. The van der Waals surface area contributed by atoms with Crippen molar-refractivity contribution in [2.24, 2.45) is 0 Å². The monoisotopic (exact) mass is 273 g/mol. The van der Waals surface area contributed by atoms with Crippen LogP contribution >= 0.6 is 0 Å². The molecule has 0 aliphatic rings. The minimum atomic E-state index is -0.408. The van der Waals surface area contributed by atoms with Crippen LogP contribution in [-0.4, -0.2) is 0 Å². The third kappa shape index (κ3) is 3.50. The predicted molar refractivity (Wildman–Crippen MR) is 80.3 cm³/mol. The van der Waals surface area contributed by atoms with Gasteiger partial charge in [0.25, 0.3) is 0 Å². The summed E-state index contributed by atoms with van der Waals surface area (Å²) in [5, 5.41) is 0. The van der Waals surface area contributed by atoms with Gasteiger partial charge in [0.2, 0.25) is 0 Å². The molecule has 0 amide bonds. The van der Waals surface area contributed by atoms with Gasteiger partial charge in [-0.05, 0) is 40.8 Å². The van der Waals surface area contributed by atoms with Gasteiger partial charge in [-0.2, -0.15) is 0 Å². The highest BCUT2D eigenvalue weighted by Crippen LogP contribution is 2.26. The number of rotatable bonds is 3. The van der Waals surface area contributed by atoms with Crippen LogP contribution in [0.15, 0.2) is 42.5 Å². The molecule has 2 nitrogen and oxygen atoms in total. The molecule has 0 unspecified atom stereocenters. The summed E-state index contributed by atoms with van der Waals surface area (Å²) in [6.07, 6.45) is 0. The van der Waals surface area contributed by atoms with E-state index in [4.69, 9.17) is 10.5 Å². The molecule has 0 aliphatic heterocycles. The van der Waals surface area contributed by atoms with Crippen molar-refractivity contribution in [1.29, 1.82) is 0 Å². The van der Waals surface area contributed by atoms with Crippen LogP contribution in [0.4, 0.5) is 10.1 Å². The van der Waals surface area contributed by atoms with E-state index in [0.717, 1.165) is 11.3 Å². The zero-order chi connectivity index (χ0) is 14.8. The lowest BCUT2D eigenvalue weighted by Gasteiger charge is -2.19. The van der Waals surface area contributed by atoms with Crippen LogP contribution in [0.3, 0.4) is 0 Å². The Bertz CT molecular complexity index is 602. The molecule has 2 rings (SSSR count). The topological polar surface area (TPSA) is 35.2 Å². The Labute approximate surface area is 119 Å². The van der Waals surface area contributed by atoms with Crippen molar-refractivity contribution < 1.29 is 9.13 Å². The van der Waals surface area contributed by atoms with E-state index in [1.165, 1.54) is 11.6 Å². The fourth-order valence-corrected chi connectivity index (χ4v) is 1.88. The predicted octanol–water partition coefficient (Wildman–Crippen LogP) is 4.28. The number of ether oxygens (including phenoxy) is 1. The summed E-state index contributed by atoms with van der Waals surface area (Å²) >= 11 is 0. The average Bonchev–Trinajstić information content (AvgIpc) is 2.39. The van der Waals surface area contributed by atoms with E-state index in [9.17, 15) is 4.39 Å². The summed E-state index contributed by atoms with van der Waals surface area (Å²) in [6.45, 7) is 6.79. The minimum absolute atomic E-state index is 0.0761. The van der Waals surface area contributed by atoms with Gasteiger partial charge in [0, 0.05) is 0 Å². The molecule has 2 aromatic carbocycles. The lowest BCUT2D eigenvalue weighted by atomic mass is 9.87. The molecule has 3 heteroatoms. The van der Waals surface area contributed by atoms with Crippen molar-refractivity contribution in [3.05, 3.63) is 59.4 Å². The second kappa shape index (κ2) is 5.53. The molecule has 0 aromatic heterocycles. The Kier molecular flexibility index (Phi) is 3.98. The van der Waals surface area contributed by atoms with Gasteiger partial charge in [-0.3, -0.25) is 0 Å². The highest BCUT2D eigenvalue weighted by atomic mass is 19.1. The van der Waals surface area contributed by atoms with Gasteiger partial charge in [0.15, 0.2) is 0 Å². The maximum atomic E-state index is 13.3. The number of hydrogen-bond donors (Lipinski definition) is 1. The summed E-state index contributed by atoms with van der Waals surface area (Å²) in [6, 6.07) is 12.7. The first-order valence-corrected chi connectivity index (χ1v) is 6.63. The smallest absolute Gasteiger partial charge is 0.146 e. The maximum absolute atomic E-state index is 13.3. The fraction of sp³-hybridized carbons (Fsp3) is 0.294. The first kappa shape index (κ1) is 14.4. The number of hydrogen-bond acceptors (Lipinski definition) is 2. The van der Waals surface area contributed by atoms with Crippen molar-refractivity contribution >= 4 is 5.69 Å². The number of anilines is 1. The van der Waals surface area contributed by atoms with Crippen molar-refractivity contribution in [1.82, 2.24) is 0 Å². The number of halogens is 1. The molecule has 2 aromatic rings. The molecule has 0 aliphatic carbocycles. The molecule has 0 saturated heterocycles. The molecule has 106 valence electrons. The summed E-state index contributed by atoms with van der Waals surface area (Å²) in [4.78, 5) is 0. The zero-order valence-electron chi connectivity index (χ0n) is 12.1. The highest BCUT2D eigenvalue weighted by Gasteiger charge is 2.13. The van der Waals surface area contributed by atoms with Crippen molar-refractivity contribution in [2.45, 2.75) is 32.8 Å². The van der Waals surface area contributed by atoms with E-state index in [1.54, 1.807) is 12.1 Å². The van der Waals surface area contributed by atoms with E-state index in [1.807, 2.05) is 18.2 Å². The van der Waals surface area contributed by atoms with Gasteiger partial charge in [0.05, 0.1) is 5.69 Å². The molecule has 0 bridgehead atoms. The molecule has 0 radical (unpaired) electrons. The Morgan fingerprint density at radius 3 is 2.50 bits per heavy atom. The van der Waals surface area contributed by atoms with Crippen molar-refractivity contribution in [2.75, 3.05) is 5.73 Å². The molecule has 0 saturated carbocycles. The van der Waals surface area contributed by atoms with Crippen LogP contribution in [0.2, 0.25) is 0 Å². The highest BCUT2D eigenvalue weighted by molar-refractivity contribution is 5.41. The van der Waals surface area contributed by atoms with Crippen LogP contribution in [0, 0.1) is 5.82 Å². The van der Waals surface area contributed by atoms with Crippen molar-refractivity contribution in [3.63, 3.8) is 0 Å². The van der Waals surface area contributed by atoms with Crippen molar-refractivity contribution in [3.8, 4) is 5.75 Å². The third-order valence-electron chi connectivity index (χ3n) is 3.17. The van der Waals surface area contributed by atoms with E-state index in [2.05, 4.69) is 26.8 Å². The Hall–Kier alpha value is -2.03. The molecular weight excluding hydrogens is 253 g/mol.